The van der Waals surface area contributed by atoms with Crippen LogP contribution in [0.3, 0.4) is 0 Å². The summed E-state index contributed by atoms with van der Waals surface area (Å²) in [6, 6.07) is 16.8. The van der Waals surface area contributed by atoms with E-state index in [1.54, 1.807) is 0 Å². The lowest BCUT2D eigenvalue weighted by atomic mass is 9.89. The lowest BCUT2D eigenvalue weighted by molar-refractivity contribution is 0.441. The number of para-hydroxylation sites is 1. The molecule has 0 saturated carbocycles. The Bertz CT molecular complexity index is 867. The van der Waals surface area contributed by atoms with Crippen molar-refractivity contribution in [1.82, 2.24) is 9.55 Å². The quantitative estimate of drug-likeness (QED) is 0.620. The van der Waals surface area contributed by atoms with Gasteiger partial charge in [-0.25, -0.2) is 4.98 Å². The van der Waals surface area contributed by atoms with E-state index in [0.717, 1.165) is 11.3 Å². The molecule has 21 heavy (non-hydrogen) atoms. The van der Waals surface area contributed by atoms with Crippen LogP contribution in [0.25, 0.3) is 28.5 Å². The highest BCUT2D eigenvalue weighted by atomic mass is 15.1. The number of hydrogen-bond acceptors (Lipinski definition) is 1. The second-order valence-corrected chi connectivity index (χ2v) is 6.24. The molecule has 0 saturated heterocycles. The van der Waals surface area contributed by atoms with Crippen LogP contribution in [0.1, 0.15) is 26.3 Å². The van der Waals surface area contributed by atoms with Crippen molar-refractivity contribution < 1.29 is 0 Å². The summed E-state index contributed by atoms with van der Waals surface area (Å²) in [6.45, 7) is 6.74. The highest BCUT2D eigenvalue weighted by Gasteiger charge is 2.32. The van der Waals surface area contributed by atoms with Crippen LogP contribution < -0.4 is 0 Å². The Labute approximate surface area is 124 Å². The summed E-state index contributed by atoms with van der Waals surface area (Å²) in [5.41, 5.74) is 6.04. The van der Waals surface area contributed by atoms with Gasteiger partial charge in [-0.3, -0.25) is 0 Å². The molecule has 0 spiro atoms. The predicted molar refractivity (Wildman–Crippen MR) is 88.1 cm³/mol. The first-order valence-corrected chi connectivity index (χ1v) is 7.35. The van der Waals surface area contributed by atoms with Crippen LogP contribution >= 0.6 is 0 Å². The molecule has 0 amide bonds. The third-order valence-electron chi connectivity index (χ3n) is 4.64. The zero-order valence-corrected chi connectivity index (χ0v) is 12.6. The molecule has 2 nitrogen and oxygen atoms in total. The summed E-state index contributed by atoms with van der Waals surface area (Å²) in [4.78, 5) is 4.91. The Balaban J connectivity index is 2.15. The third-order valence-corrected chi connectivity index (χ3v) is 4.64. The van der Waals surface area contributed by atoms with Crippen molar-refractivity contribution in [2.24, 2.45) is 0 Å². The van der Waals surface area contributed by atoms with E-state index in [9.17, 15) is 0 Å². The molecule has 0 aliphatic carbocycles. The molecule has 0 radical (unpaired) electrons. The van der Waals surface area contributed by atoms with Gasteiger partial charge in [0.2, 0.25) is 0 Å². The van der Waals surface area contributed by atoms with E-state index in [1.807, 2.05) is 6.07 Å². The van der Waals surface area contributed by atoms with Gasteiger partial charge in [-0.1, -0.05) is 48.5 Å². The van der Waals surface area contributed by atoms with Gasteiger partial charge in [0, 0.05) is 11.1 Å². The highest BCUT2D eigenvalue weighted by Crippen LogP contribution is 2.40. The Morgan fingerprint density at radius 3 is 2.48 bits per heavy atom. The molecule has 0 fully saturated rings. The lowest BCUT2D eigenvalue weighted by Gasteiger charge is -2.34. The number of nitrogens with zero attached hydrogens (tertiary/aromatic N) is 2. The average Bonchev–Trinajstić information content (AvgIpc) is 2.88. The number of imidazole rings is 1. The molecule has 0 atom stereocenters. The van der Waals surface area contributed by atoms with Crippen molar-refractivity contribution in [3.63, 3.8) is 0 Å². The third kappa shape index (κ3) is 1.62. The molecule has 1 aliphatic heterocycles. The summed E-state index contributed by atoms with van der Waals surface area (Å²) < 4.78 is 2.39. The van der Waals surface area contributed by atoms with Crippen molar-refractivity contribution in [3.05, 3.63) is 59.7 Å². The van der Waals surface area contributed by atoms with Crippen molar-refractivity contribution in [3.8, 4) is 11.4 Å². The molecule has 2 heterocycles. The van der Waals surface area contributed by atoms with Gasteiger partial charge in [0.15, 0.2) is 0 Å². The summed E-state index contributed by atoms with van der Waals surface area (Å²) >= 11 is 0. The molecule has 2 heteroatoms. The molecule has 0 N–H and O–H groups in total. The SMILES string of the molecule is CC1=Cc2cccc3nc(-c4ccccc4)n(c23)C1(C)C. The highest BCUT2D eigenvalue weighted by molar-refractivity contribution is 5.91. The molecule has 1 aromatic heterocycles. The topological polar surface area (TPSA) is 17.8 Å². The van der Waals surface area contributed by atoms with Crippen LogP contribution in [0.4, 0.5) is 0 Å². The summed E-state index contributed by atoms with van der Waals surface area (Å²) in [5.74, 6) is 1.05. The van der Waals surface area contributed by atoms with Crippen molar-refractivity contribution in [2.45, 2.75) is 26.3 Å². The fourth-order valence-corrected chi connectivity index (χ4v) is 3.18. The fraction of sp³-hybridized carbons (Fsp3) is 0.211. The largest absolute Gasteiger partial charge is 0.314 e. The van der Waals surface area contributed by atoms with E-state index in [4.69, 9.17) is 4.98 Å². The smallest absolute Gasteiger partial charge is 0.141 e. The van der Waals surface area contributed by atoms with Crippen LogP contribution in [-0.4, -0.2) is 9.55 Å². The Kier molecular flexibility index (Phi) is 2.41. The zero-order chi connectivity index (χ0) is 14.6. The Morgan fingerprint density at radius 1 is 0.952 bits per heavy atom. The van der Waals surface area contributed by atoms with E-state index in [2.05, 4.69) is 73.9 Å². The fourth-order valence-electron chi connectivity index (χ4n) is 3.18. The number of hydrogen-bond donors (Lipinski definition) is 0. The van der Waals surface area contributed by atoms with Gasteiger partial charge in [-0.2, -0.15) is 0 Å². The van der Waals surface area contributed by atoms with E-state index in [1.165, 1.54) is 22.2 Å². The second kappa shape index (κ2) is 4.08. The molecule has 3 aromatic rings. The van der Waals surface area contributed by atoms with E-state index < -0.39 is 0 Å². The average molecular weight is 274 g/mol. The van der Waals surface area contributed by atoms with Gasteiger partial charge in [-0.05, 0) is 32.4 Å². The van der Waals surface area contributed by atoms with Gasteiger partial charge in [0.1, 0.15) is 5.82 Å². The first kappa shape index (κ1) is 12.4. The first-order chi connectivity index (χ1) is 10.1. The van der Waals surface area contributed by atoms with Crippen molar-refractivity contribution >= 4 is 17.1 Å². The molecule has 2 aromatic carbocycles. The Morgan fingerprint density at radius 2 is 1.71 bits per heavy atom. The minimum atomic E-state index is -0.0612. The standard InChI is InChI=1S/C19H18N2/c1-13-12-15-10-7-11-16-17(15)21(19(13,2)3)18(20-16)14-8-5-4-6-9-14/h4-12H,1-3H3. The number of aromatic nitrogens is 2. The molecule has 0 unspecified atom stereocenters. The van der Waals surface area contributed by atoms with Crippen molar-refractivity contribution in [2.75, 3.05) is 0 Å². The predicted octanol–water partition coefficient (Wildman–Crippen LogP) is 4.86. The normalized spacial score (nSPS) is 16.0. The first-order valence-electron chi connectivity index (χ1n) is 7.35. The van der Waals surface area contributed by atoms with E-state index in [-0.39, 0.29) is 5.54 Å². The maximum Gasteiger partial charge on any atom is 0.141 e. The van der Waals surface area contributed by atoms with Crippen LogP contribution in [0, 0.1) is 0 Å². The van der Waals surface area contributed by atoms with Crippen LogP contribution in [0.5, 0.6) is 0 Å². The molecular weight excluding hydrogens is 256 g/mol. The van der Waals surface area contributed by atoms with E-state index >= 15 is 0 Å². The second-order valence-electron chi connectivity index (χ2n) is 6.24. The molecule has 1 aliphatic rings. The maximum atomic E-state index is 4.91. The van der Waals surface area contributed by atoms with Gasteiger partial charge >= 0.3 is 0 Å². The molecule has 0 bridgehead atoms. The number of rotatable bonds is 1. The number of allylic oxidation sites excluding steroid dienone is 1. The van der Waals surface area contributed by atoms with Gasteiger partial charge < -0.3 is 4.57 Å². The van der Waals surface area contributed by atoms with E-state index in [0.29, 0.717) is 0 Å². The Hall–Kier alpha value is -2.35. The molecule has 104 valence electrons. The van der Waals surface area contributed by atoms with Gasteiger partial charge in [0.25, 0.3) is 0 Å². The number of benzene rings is 2. The van der Waals surface area contributed by atoms with Crippen LogP contribution in [-0.2, 0) is 5.54 Å². The van der Waals surface area contributed by atoms with Crippen LogP contribution in [0.15, 0.2) is 54.1 Å². The van der Waals surface area contributed by atoms with Gasteiger partial charge in [-0.15, -0.1) is 0 Å². The summed E-state index contributed by atoms with van der Waals surface area (Å²) in [6.07, 6.45) is 2.29. The molecular formula is C19H18N2. The lowest BCUT2D eigenvalue weighted by Crippen LogP contribution is -2.30. The zero-order valence-electron chi connectivity index (χ0n) is 12.6. The summed E-state index contributed by atoms with van der Waals surface area (Å²) in [5, 5.41) is 0. The maximum absolute atomic E-state index is 4.91. The molecule has 4 rings (SSSR count). The minimum Gasteiger partial charge on any atom is -0.314 e. The summed E-state index contributed by atoms with van der Waals surface area (Å²) in [7, 11) is 0. The van der Waals surface area contributed by atoms with Gasteiger partial charge in [0.05, 0.1) is 16.6 Å². The monoisotopic (exact) mass is 274 g/mol. The van der Waals surface area contributed by atoms with Crippen molar-refractivity contribution in [1.29, 1.82) is 0 Å². The van der Waals surface area contributed by atoms with Crippen LogP contribution in [0.2, 0.25) is 0 Å². The minimum absolute atomic E-state index is 0.0612.